The molecule has 3 nitrogen and oxygen atoms in total. The zero-order valence-corrected chi connectivity index (χ0v) is 12.5. The molecule has 0 amide bonds. The van der Waals surface area contributed by atoms with E-state index in [1.165, 1.54) is 11.1 Å². The van der Waals surface area contributed by atoms with Crippen LogP contribution >= 0.6 is 0 Å². The van der Waals surface area contributed by atoms with Gasteiger partial charge in [-0.2, -0.15) is 0 Å². The Morgan fingerprint density at radius 1 is 0.905 bits per heavy atom. The van der Waals surface area contributed by atoms with Crippen LogP contribution in [-0.4, -0.2) is 13.1 Å². The Balaban J connectivity index is 1.95. The molecule has 0 aliphatic carbocycles. The molecule has 0 spiro atoms. The Kier molecular flexibility index (Phi) is 5.78. The standard InChI is InChI=1S/C18H24N2O/c1-14(17(11-19)12-20)16-7-9-18(10-8-16)21-13-15-5-3-2-4-6-15/h2-10,14,17H,11-13,19-20H2,1H3. The van der Waals surface area contributed by atoms with Crippen LogP contribution in [0.15, 0.2) is 54.6 Å². The zero-order valence-electron chi connectivity index (χ0n) is 12.5. The van der Waals surface area contributed by atoms with E-state index in [0.717, 1.165) is 5.75 Å². The van der Waals surface area contributed by atoms with Crippen molar-refractivity contribution in [3.05, 3.63) is 65.7 Å². The van der Waals surface area contributed by atoms with Crippen LogP contribution in [-0.2, 0) is 6.61 Å². The van der Waals surface area contributed by atoms with Gasteiger partial charge in [-0.25, -0.2) is 0 Å². The molecule has 4 N–H and O–H groups in total. The van der Waals surface area contributed by atoms with Crippen LogP contribution in [0.2, 0.25) is 0 Å². The van der Waals surface area contributed by atoms with E-state index in [4.69, 9.17) is 16.2 Å². The highest BCUT2D eigenvalue weighted by Gasteiger charge is 2.15. The third-order valence-corrected chi connectivity index (χ3v) is 3.97. The van der Waals surface area contributed by atoms with Gasteiger partial charge in [0.05, 0.1) is 0 Å². The Hall–Kier alpha value is -1.84. The van der Waals surface area contributed by atoms with Crippen molar-refractivity contribution in [2.45, 2.75) is 19.4 Å². The van der Waals surface area contributed by atoms with E-state index >= 15 is 0 Å². The van der Waals surface area contributed by atoms with Crippen LogP contribution in [0.25, 0.3) is 0 Å². The molecule has 0 aromatic heterocycles. The first-order chi connectivity index (χ1) is 10.2. The van der Waals surface area contributed by atoms with Gasteiger partial charge in [-0.1, -0.05) is 49.4 Å². The maximum absolute atomic E-state index is 5.79. The summed E-state index contributed by atoms with van der Waals surface area (Å²) < 4.78 is 5.79. The molecule has 21 heavy (non-hydrogen) atoms. The van der Waals surface area contributed by atoms with Crippen LogP contribution in [0.5, 0.6) is 5.75 Å². The van der Waals surface area contributed by atoms with Crippen molar-refractivity contribution >= 4 is 0 Å². The monoisotopic (exact) mass is 284 g/mol. The molecule has 0 bridgehead atoms. The van der Waals surface area contributed by atoms with Crippen molar-refractivity contribution in [1.82, 2.24) is 0 Å². The van der Waals surface area contributed by atoms with Gasteiger partial charge in [-0.15, -0.1) is 0 Å². The van der Waals surface area contributed by atoms with E-state index in [2.05, 4.69) is 31.2 Å². The molecular weight excluding hydrogens is 260 g/mol. The molecule has 0 fully saturated rings. The van der Waals surface area contributed by atoms with Gasteiger partial charge in [0.25, 0.3) is 0 Å². The van der Waals surface area contributed by atoms with Gasteiger partial charge in [0, 0.05) is 0 Å². The predicted molar refractivity (Wildman–Crippen MR) is 87.2 cm³/mol. The topological polar surface area (TPSA) is 61.3 Å². The van der Waals surface area contributed by atoms with Gasteiger partial charge in [0.2, 0.25) is 0 Å². The summed E-state index contributed by atoms with van der Waals surface area (Å²) in [5.41, 5.74) is 13.9. The van der Waals surface area contributed by atoms with Gasteiger partial charge >= 0.3 is 0 Å². The first-order valence-electron chi connectivity index (χ1n) is 7.41. The lowest BCUT2D eigenvalue weighted by molar-refractivity contribution is 0.306. The van der Waals surface area contributed by atoms with E-state index in [0.29, 0.717) is 31.5 Å². The van der Waals surface area contributed by atoms with Crippen molar-refractivity contribution in [2.75, 3.05) is 13.1 Å². The molecule has 1 unspecified atom stereocenters. The fraction of sp³-hybridized carbons (Fsp3) is 0.333. The molecule has 2 aromatic carbocycles. The Morgan fingerprint density at radius 3 is 2.10 bits per heavy atom. The summed E-state index contributed by atoms with van der Waals surface area (Å²) in [5, 5.41) is 0. The maximum atomic E-state index is 5.79. The van der Waals surface area contributed by atoms with Gasteiger partial charge in [0.15, 0.2) is 0 Å². The minimum absolute atomic E-state index is 0.320. The van der Waals surface area contributed by atoms with E-state index < -0.39 is 0 Å². The molecule has 0 aliphatic heterocycles. The van der Waals surface area contributed by atoms with Gasteiger partial charge in [-0.3, -0.25) is 0 Å². The van der Waals surface area contributed by atoms with Crippen molar-refractivity contribution in [2.24, 2.45) is 17.4 Å². The highest BCUT2D eigenvalue weighted by molar-refractivity contribution is 5.30. The first-order valence-corrected chi connectivity index (χ1v) is 7.41. The van der Waals surface area contributed by atoms with Crippen molar-refractivity contribution in [1.29, 1.82) is 0 Å². The summed E-state index contributed by atoms with van der Waals surface area (Å²) in [7, 11) is 0. The molecule has 1 atom stereocenters. The molecule has 0 aliphatic rings. The van der Waals surface area contributed by atoms with Crippen molar-refractivity contribution in [3.63, 3.8) is 0 Å². The van der Waals surface area contributed by atoms with Crippen LogP contribution in [0.3, 0.4) is 0 Å². The maximum Gasteiger partial charge on any atom is 0.119 e. The van der Waals surface area contributed by atoms with Gasteiger partial charge in [0.1, 0.15) is 12.4 Å². The number of hydrogen-bond acceptors (Lipinski definition) is 3. The molecule has 0 saturated carbocycles. The predicted octanol–water partition coefficient (Wildman–Crippen LogP) is 2.90. The lowest BCUT2D eigenvalue weighted by atomic mass is 9.88. The molecule has 112 valence electrons. The van der Waals surface area contributed by atoms with E-state index in [9.17, 15) is 0 Å². The van der Waals surface area contributed by atoms with Crippen molar-refractivity contribution in [3.8, 4) is 5.75 Å². The summed E-state index contributed by atoms with van der Waals surface area (Å²) in [6.45, 7) is 3.99. The fourth-order valence-electron chi connectivity index (χ4n) is 2.39. The minimum Gasteiger partial charge on any atom is -0.489 e. The van der Waals surface area contributed by atoms with E-state index in [-0.39, 0.29) is 0 Å². The molecule has 3 heteroatoms. The number of nitrogens with two attached hydrogens (primary N) is 2. The average Bonchev–Trinajstić information content (AvgIpc) is 2.55. The Labute approximate surface area is 126 Å². The van der Waals surface area contributed by atoms with Crippen LogP contribution in [0.4, 0.5) is 0 Å². The van der Waals surface area contributed by atoms with E-state index in [1.54, 1.807) is 0 Å². The zero-order chi connectivity index (χ0) is 15.1. The summed E-state index contributed by atoms with van der Waals surface area (Å²) in [6.07, 6.45) is 0. The van der Waals surface area contributed by atoms with Gasteiger partial charge < -0.3 is 16.2 Å². The second-order valence-corrected chi connectivity index (χ2v) is 5.36. The minimum atomic E-state index is 0.320. The molecule has 0 radical (unpaired) electrons. The van der Waals surface area contributed by atoms with Crippen LogP contribution in [0.1, 0.15) is 24.0 Å². The lowest BCUT2D eigenvalue weighted by Crippen LogP contribution is -2.27. The van der Waals surface area contributed by atoms with Gasteiger partial charge in [-0.05, 0) is 48.2 Å². The Bertz CT molecular complexity index is 521. The summed E-state index contributed by atoms with van der Waals surface area (Å²) >= 11 is 0. The number of rotatable bonds is 7. The lowest BCUT2D eigenvalue weighted by Gasteiger charge is -2.21. The average molecular weight is 284 g/mol. The van der Waals surface area contributed by atoms with Crippen LogP contribution in [0, 0.1) is 5.92 Å². The summed E-state index contributed by atoms with van der Waals surface area (Å²) in [6, 6.07) is 18.4. The fourth-order valence-corrected chi connectivity index (χ4v) is 2.39. The number of ether oxygens (including phenoxy) is 1. The van der Waals surface area contributed by atoms with Crippen LogP contribution < -0.4 is 16.2 Å². The highest BCUT2D eigenvalue weighted by atomic mass is 16.5. The van der Waals surface area contributed by atoms with E-state index in [1.807, 2.05) is 30.3 Å². The second kappa shape index (κ2) is 7.81. The second-order valence-electron chi connectivity index (χ2n) is 5.36. The first kappa shape index (κ1) is 15.5. The molecule has 0 saturated heterocycles. The summed E-state index contributed by atoms with van der Waals surface area (Å²) in [5.74, 6) is 1.57. The number of benzene rings is 2. The normalized spacial score (nSPS) is 12.4. The smallest absolute Gasteiger partial charge is 0.119 e. The molecule has 2 aromatic rings. The Morgan fingerprint density at radius 2 is 1.52 bits per heavy atom. The summed E-state index contributed by atoms with van der Waals surface area (Å²) in [4.78, 5) is 0. The third kappa shape index (κ3) is 4.31. The van der Waals surface area contributed by atoms with Crippen molar-refractivity contribution < 1.29 is 4.74 Å². The third-order valence-electron chi connectivity index (χ3n) is 3.97. The largest absolute Gasteiger partial charge is 0.489 e. The molecule has 2 rings (SSSR count). The number of hydrogen-bond donors (Lipinski definition) is 2. The quantitative estimate of drug-likeness (QED) is 0.822. The highest BCUT2D eigenvalue weighted by Crippen LogP contribution is 2.25. The molecule has 0 heterocycles. The SMILES string of the molecule is CC(c1ccc(OCc2ccccc2)cc1)C(CN)CN. The molecular formula is C18H24N2O.